The smallest absolute Gasteiger partial charge is 0.263 e. The van der Waals surface area contributed by atoms with Gasteiger partial charge in [0.15, 0.2) is 4.34 Å². The fourth-order valence-electron chi connectivity index (χ4n) is 2.12. The van der Waals surface area contributed by atoms with Crippen LogP contribution < -0.4 is 5.32 Å². The molecule has 0 atom stereocenters. The molecule has 0 fully saturated rings. The third-order valence-electron chi connectivity index (χ3n) is 3.28. The normalized spacial score (nSPS) is 10.8. The molecule has 0 aliphatic carbocycles. The molecule has 2 heterocycles. The minimum absolute atomic E-state index is 0.317. The number of ether oxygens (including phenoxy) is 1. The monoisotopic (exact) mass is 376 g/mol. The Bertz CT molecular complexity index is 848. The Kier molecular flexibility index (Phi) is 5.79. The van der Waals surface area contributed by atoms with Crippen molar-refractivity contribution in [3.05, 3.63) is 41.7 Å². The zero-order valence-corrected chi connectivity index (χ0v) is 15.3. The van der Waals surface area contributed by atoms with Crippen LogP contribution in [0.25, 0.3) is 11.3 Å². The lowest BCUT2D eigenvalue weighted by atomic mass is 10.1. The Labute approximate surface area is 152 Å². The van der Waals surface area contributed by atoms with E-state index in [1.807, 2.05) is 30.3 Å². The first-order valence-electron chi connectivity index (χ1n) is 7.47. The van der Waals surface area contributed by atoms with Crippen molar-refractivity contribution < 1.29 is 14.1 Å². The van der Waals surface area contributed by atoms with Crippen molar-refractivity contribution in [2.75, 3.05) is 24.8 Å². The van der Waals surface area contributed by atoms with E-state index in [-0.39, 0.29) is 5.91 Å². The largest absolute Gasteiger partial charge is 0.384 e. The lowest BCUT2D eigenvalue weighted by Crippen LogP contribution is -2.13. The Balaban J connectivity index is 1.75. The van der Waals surface area contributed by atoms with E-state index in [0.29, 0.717) is 28.8 Å². The van der Waals surface area contributed by atoms with Gasteiger partial charge in [0.25, 0.3) is 5.91 Å². The summed E-state index contributed by atoms with van der Waals surface area (Å²) in [6, 6.07) is 9.43. The summed E-state index contributed by atoms with van der Waals surface area (Å²) in [4.78, 5) is 12.7. The minimum atomic E-state index is -0.317. The van der Waals surface area contributed by atoms with Crippen LogP contribution in [-0.2, 0) is 4.74 Å². The number of carbonyl (C=O) groups is 1. The summed E-state index contributed by atoms with van der Waals surface area (Å²) in [6.07, 6.45) is 0. The number of rotatable bonds is 7. The highest BCUT2D eigenvalue weighted by Crippen LogP contribution is 2.28. The van der Waals surface area contributed by atoms with Crippen molar-refractivity contribution in [2.45, 2.75) is 11.3 Å². The highest BCUT2D eigenvalue weighted by Gasteiger charge is 2.22. The first-order valence-corrected chi connectivity index (χ1v) is 9.27. The molecule has 0 aliphatic rings. The van der Waals surface area contributed by atoms with Gasteiger partial charge in [-0.15, -0.1) is 10.2 Å². The summed E-state index contributed by atoms with van der Waals surface area (Å²) in [5, 5.41) is 15.3. The molecule has 0 bridgehead atoms. The number of hydrogen-bond donors (Lipinski definition) is 1. The molecular weight excluding hydrogens is 360 g/mol. The van der Waals surface area contributed by atoms with Gasteiger partial charge in [0, 0.05) is 18.4 Å². The summed E-state index contributed by atoms with van der Waals surface area (Å²) >= 11 is 2.85. The van der Waals surface area contributed by atoms with Crippen LogP contribution in [0.5, 0.6) is 0 Å². The number of nitrogens with zero attached hydrogens (tertiary/aromatic N) is 3. The second-order valence-electron chi connectivity index (χ2n) is 5.00. The van der Waals surface area contributed by atoms with Gasteiger partial charge >= 0.3 is 0 Å². The number of aromatic nitrogens is 3. The molecule has 0 radical (unpaired) electrons. The molecular formula is C16H16N4O3S2. The van der Waals surface area contributed by atoms with Gasteiger partial charge < -0.3 is 9.26 Å². The van der Waals surface area contributed by atoms with E-state index in [2.05, 4.69) is 20.7 Å². The molecule has 1 N–H and O–H groups in total. The average Bonchev–Trinajstić information content (AvgIpc) is 3.22. The van der Waals surface area contributed by atoms with Crippen molar-refractivity contribution in [1.29, 1.82) is 0 Å². The summed E-state index contributed by atoms with van der Waals surface area (Å²) in [5.41, 5.74) is 1.72. The molecule has 0 saturated carbocycles. The SMILES string of the molecule is COCCSc1nnc(NC(=O)c2c(-c3ccccc3)noc2C)s1. The van der Waals surface area contributed by atoms with Crippen LogP contribution in [0, 0.1) is 6.92 Å². The Morgan fingerprint density at radius 3 is 2.88 bits per heavy atom. The predicted octanol–water partition coefficient (Wildman–Crippen LogP) is 3.49. The lowest BCUT2D eigenvalue weighted by Gasteiger charge is -2.02. The maximum Gasteiger partial charge on any atom is 0.263 e. The maximum atomic E-state index is 12.7. The van der Waals surface area contributed by atoms with Crippen LogP contribution >= 0.6 is 23.1 Å². The molecule has 7 nitrogen and oxygen atoms in total. The quantitative estimate of drug-likeness (QED) is 0.383. The molecule has 0 saturated heterocycles. The van der Waals surface area contributed by atoms with Crippen molar-refractivity contribution >= 4 is 34.1 Å². The number of aryl methyl sites for hydroxylation is 1. The standard InChI is InChI=1S/C16H16N4O3S2/c1-10-12(13(20-23-10)11-6-4-3-5-7-11)14(21)17-15-18-19-16(25-15)24-9-8-22-2/h3-7H,8-9H2,1-2H3,(H,17,18,21). The number of hydrogen-bond acceptors (Lipinski definition) is 8. The Morgan fingerprint density at radius 1 is 1.32 bits per heavy atom. The van der Waals surface area contributed by atoms with Crippen LogP contribution in [0.1, 0.15) is 16.1 Å². The molecule has 130 valence electrons. The fraction of sp³-hybridized carbons (Fsp3) is 0.250. The second kappa shape index (κ2) is 8.24. The highest BCUT2D eigenvalue weighted by molar-refractivity contribution is 8.01. The predicted molar refractivity (Wildman–Crippen MR) is 97.1 cm³/mol. The molecule has 1 aromatic carbocycles. The Hall–Kier alpha value is -2.23. The molecule has 3 aromatic rings. The van der Waals surface area contributed by atoms with Crippen molar-refractivity contribution in [2.24, 2.45) is 0 Å². The third kappa shape index (κ3) is 4.25. The zero-order chi connectivity index (χ0) is 17.6. The zero-order valence-electron chi connectivity index (χ0n) is 13.7. The van der Waals surface area contributed by atoms with E-state index in [0.717, 1.165) is 15.7 Å². The van der Waals surface area contributed by atoms with Crippen molar-refractivity contribution in [3.63, 3.8) is 0 Å². The number of methoxy groups -OCH3 is 1. The summed E-state index contributed by atoms with van der Waals surface area (Å²) in [7, 11) is 1.65. The first kappa shape index (κ1) is 17.6. The molecule has 0 spiro atoms. The number of thioether (sulfide) groups is 1. The lowest BCUT2D eigenvalue weighted by molar-refractivity contribution is 0.102. The third-order valence-corrected chi connectivity index (χ3v) is 5.21. The molecule has 1 amide bonds. The van der Waals surface area contributed by atoms with Gasteiger partial charge in [-0.2, -0.15) is 0 Å². The fourth-order valence-corrected chi connectivity index (χ4v) is 3.84. The first-order chi connectivity index (χ1) is 12.2. The van der Waals surface area contributed by atoms with Crippen LogP contribution in [0.4, 0.5) is 5.13 Å². The Morgan fingerprint density at radius 2 is 2.12 bits per heavy atom. The summed E-state index contributed by atoms with van der Waals surface area (Å²) in [5.74, 6) is 0.917. The van der Waals surface area contributed by atoms with E-state index < -0.39 is 0 Å². The van der Waals surface area contributed by atoms with E-state index in [1.165, 1.54) is 23.1 Å². The van der Waals surface area contributed by atoms with Crippen LogP contribution in [0.2, 0.25) is 0 Å². The highest BCUT2D eigenvalue weighted by atomic mass is 32.2. The second-order valence-corrected chi connectivity index (χ2v) is 7.32. The van der Waals surface area contributed by atoms with E-state index >= 15 is 0 Å². The van der Waals surface area contributed by atoms with Gasteiger partial charge in [0.1, 0.15) is 17.0 Å². The van der Waals surface area contributed by atoms with Gasteiger partial charge in [-0.25, -0.2) is 0 Å². The molecule has 0 unspecified atom stereocenters. The van der Waals surface area contributed by atoms with Crippen molar-refractivity contribution in [1.82, 2.24) is 15.4 Å². The maximum absolute atomic E-state index is 12.7. The topological polar surface area (TPSA) is 90.1 Å². The average molecular weight is 376 g/mol. The van der Waals surface area contributed by atoms with Gasteiger partial charge in [-0.05, 0) is 6.92 Å². The van der Waals surface area contributed by atoms with Gasteiger partial charge in [0.2, 0.25) is 5.13 Å². The van der Waals surface area contributed by atoms with Crippen LogP contribution in [0.15, 0.2) is 39.2 Å². The van der Waals surface area contributed by atoms with E-state index in [1.54, 1.807) is 14.0 Å². The number of benzene rings is 1. The van der Waals surface area contributed by atoms with Crippen LogP contribution in [0.3, 0.4) is 0 Å². The van der Waals surface area contributed by atoms with Crippen LogP contribution in [-0.4, -0.2) is 40.7 Å². The number of carbonyl (C=O) groups excluding carboxylic acids is 1. The minimum Gasteiger partial charge on any atom is -0.384 e. The number of amides is 1. The van der Waals surface area contributed by atoms with E-state index in [4.69, 9.17) is 9.26 Å². The molecule has 0 aliphatic heterocycles. The van der Waals surface area contributed by atoms with Crippen molar-refractivity contribution in [3.8, 4) is 11.3 Å². The van der Waals surface area contributed by atoms with Gasteiger partial charge in [0.05, 0.1) is 6.61 Å². The number of nitrogens with one attached hydrogen (secondary N) is 1. The molecule has 25 heavy (non-hydrogen) atoms. The van der Waals surface area contributed by atoms with E-state index in [9.17, 15) is 4.79 Å². The summed E-state index contributed by atoms with van der Waals surface area (Å²) < 4.78 is 11.0. The molecule has 9 heteroatoms. The molecule has 2 aromatic heterocycles. The van der Waals surface area contributed by atoms with Gasteiger partial charge in [-0.3, -0.25) is 10.1 Å². The van der Waals surface area contributed by atoms with Gasteiger partial charge in [-0.1, -0.05) is 58.6 Å². The number of anilines is 1. The molecule has 3 rings (SSSR count). The summed E-state index contributed by atoms with van der Waals surface area (Å²) in [6.45, 7) is 2.34.